The van der Waals surface area contributed by atoms with E-state index in [-0.39, 0.29) is 11.4 Å². The van der Waals surface area contributed by atoms with E-state index in [4.69, 9.17) is 0 Å². The van der Waals surface area contributed by atoms with Crippen molar-refractivity contribution in [2.45, 2.75) is 41.8 Å². The van der Waals surface area contributed by atoms with Gasteiger partial charge in [-0.3, -0.25) is 4.72 Å². The predicted molar refractivity (Wildman–Crippen MR) is 123 cm³/mol. The highest BCUT2D eigenvalue weighted by Crippen LogP contribution is 2.29. The summed E-state index contributed by atoms with van der Waals surface area (Å²) in [7, 11) is -7.29. The molecule has 0 saturated heterocycles. The van der Waals surface area contributed by atoms with Gasteiger partial charge in [-0.15, -0.1) is 11.3 Å². The highest BCUT2D eigenvalue weighted by molar-refractivity contribution is 7.92. The maximum absolute atomic E-state index is 12.9. The van der Waals surface area contributed by atoms with E-state index < -0.39 is 20.0 Å². The Labute approximate surface area is 187 Å². The van der Waals surface area contributed by atoms with E-state index in [1.165, 1.54) is 15.6 Å². The number of rotatable bonds is 6. The fourth-order valence-electron chi connectivity index (χ4n) is 3.58. The fourth-order valence-corrected chi connectivity index (χ4v) is 7.20. The zero-order valence-electron chi connectivity index (χ0n) is 17.3. The van der Waals surface area contributed by atoms with Gasteiger partial charge in [0.25, 0.3) is 20.0 Å². The van der Waals surface area contributed by atoms with E-state index in [9.17, 15) is 16.8 Å². The number of anilines is 1. The summed E-state index contributed by atoms with van der Waals surface area (Å²) < 4.78 is 55.7. The lowest BCUT2D eigenvalue weighted by Crippen LogP contribution is -2.35. The summed E-state index contributed by atoms with van der Waals surface area (Å²) in [5, 5.41) is 1.74. The van der Waals surface area contributed by atoms with Crippen molar-refractivity contribution in [2.75, 3.05) is 11.3 Å². The van der Waals surface area contributed by atoms with Crippen LogP contribution < -0.4 is 4.72 Å². The first-order valence-electron chi connectivity index (χ1n) is 9.95. The molecule has 3 aromatic rings. The molecule has 2 heterocycles. The first-order valence-corrected chi connectivity index (χ1v) is 13.8. The normalized spacial score (nSPS) is 15.1. The van der Waals surface area contributed by atoms with Gasteiger partial charge in [0.1, 0.15) is 4.21 Å². The number of fused-ring (bicyclic) bond motifs is 1. The maximum Gasteiger partial charge on any atom is 0.261 e. The van der Waals surface area contributed by atoms with Gasteiger partial charge in [0.15, 0.2) is 0 Å². The number of nitrogens with one attached hydrogen (secondary N) is 1. The standard InChI is InChI=1S/C22H24N2O4S3/c1-16(2)17-6-9-21(10-7-17)30(25,26)23-20-8-5-18-11-12-24(15-19(18)14-20)31(27,28)22-4-3-13-29-22/h3-10,13-14,16,23H,11-12,15H2,1-2H3. The molecule has 0 bridgehead atoms. The average Bonchev–Trinajstić information content (AvgIpc) is 3.29. The van der Waals surface area contributed by atoms with Crippen LogP contribution in [0, 0.1) is 0 Å². The first kappa shape index (κ1) is 22.0. The van der Waals surface area contributed by atoms with Crippen LogP contribution in [0.4, 0.5) is 5.69 Å². The Hall–Kier alpha value is -2.20. The van der Waals surface area contributed by atoms with Crippen LogP contribution in [-0.4, -0.2) is 27.7 Å². The summed E-state index contributed by atoms with van der Waals surface area (Å²) in [5.74, 6) is 0.318. The van der Waals surface area contributed by atoms with Crippen LogP contribution in [0.25, 0.3) is 0 Å². The Balaban J connectivity index is 1.56. The molecule has 2 aromatic carbocycles. The summed E-state index contributed by atoms with van der Waals surface area (Å²) in [6.07, 6.45) is 0.587. The minimum atomic E-state index is -3.74. The molecule has 0 spiro atoms. The molecule has 0 atom stereocenters. The Kier molecular flexibility index (Phi) is 5.95. The molecule has 0 radical (unpaired) electrons. The van der Waals surface area contributed by atoms with Crippen molar-refractivity contribution in [1.82, 2.24) is 4.31 Å². The van der Waals surface area contributed by atoms with Gasteiger partial charge in [-0.05, 0) is 64.7 Å². The quantitative estimate of drug-likeness (QED) is 0.571. The van der Waals surface area contributed by atoms with E-state index in [2.05, 4.69) is 18.6 Å². The van der Waals surface area contributed by atoms with Crippen LogP contribution >= 0.6 is 11.3 Å². The first-order chi connectivity index (χ1) is 14.7. The second-order valence-corrected chi connectivity index (χ2v) is 12.6. The van der Waals surface area contributed by atoms with E-state index >= 15 is 0 Å². The monoisotopic (exact) mass is 476 g/mol. The molecule has 1 aliphatic heterocycles. The minimum absolute atomic E-state index is 0.191. The Morgan fingerprint density at radius 2 is 1.71 bits per heavy atom. The summed E-state index contributed by atoms with van der Waals surface area (Å²) >= 11 is 1.19. The number of hydrogen-bond donors (Lipinski definition) is 1. The van der Waals surface area contributed by atoms with Gasteiger partial charge in [0.2, 0.25) is 0 Å². The molecule has 1 aliphatic rings. The van der Waals surface area contributed by atoms with E-state index in [0.717, 1.165) is 16.7 Å². The smallest absolute Gasteiger partial charge is 0.261 e. The predicted octanol–water partition coefficient (Wildman–Crippen LogP) is 4.42. The SMILES string of the molecule is CC(C)c1ccc(S(=O)(=O)Nc2ccc3c(c2)CN(S(=O)(=O)c2cccs2)CC3)cc1. The largest absolute Gasteiger partial charge is 0.280 e. The number of thiophene rings is 1. The zero-order valence-corrected chi connectivity index (χ0v) is 19.7. The molecule has 1 N–H and O–H groups in total. The number of hydrogen-bond acceptors (Lipinski definition) is 5. The van der Waals surface area contributed by atoms with Crippen molar-refractivity contribution in [3.63, 3.8) is 0 Å². The molecule has 1 aromatic heterocycles. The van der Waals surface area contributed by atoms with E-state index in [0.29, 0.717) is 28.8 Å². The fraction of sp³-hybridized carbons (Fsp3) is 0.273. The Bertz CT molecular complexity index is 1280. The average molecular weight is 477 g/mol. The van der Waals surface area contributed by atoms with E-state index in [1.807, 2.05) is 18.2 Å². The Morgan fingerprint density at radius 3 is 2.35 bits per heavy atom. The third kappa shape index (κ3) is 4.55. The summed E-state index contributed by atoms with van der Waals surface area (Å²) in [6.45, 7) is 4.72. The van der Waals surface area contributed by atoms with E-state index in [1.54, 1.807) is 41.8 Å². The number of nitrogens with zero attached hydrogens (tertiary/aromatic N) is 1. The molecule has 0 amide bonds. The zero-order chi connectivity index (χ0) is 22.2. The molecule has 0 saturated carbocycles. The van der Waals surface area contributed by atoms with Crippen molar-refractivity contribution < 1.29 is 16.8 Å². The van der Waals surface area contributed by atoms with Crippen LogP contribution in [0.3, 0.4) is 0 Å². The molecular formula is C22H24N2O4S3. The van der Waals surface area contributed by atoms with Crippen LogP contribution in [0.5, 0.6) is 0 Å². The van der Waals surface area contributed by atoms with Gasteiger partial charge >= 0.3 is 0 Å². The van der Waals surface area contributed by atoms with Crippen LogP contribution in [0.1, 0.15) is 36.5 Å². The number of benzene rings is 2. The van der Waals surface area contributed by atoms with Gasteiger partial charge in [-0.2, -0.15) is 4.31 Å². The van der Waals surface area contributed by atoms with Crippen molar-refractivity contribution in [2.24, 2.45) is 0 Å². The van der Waals surface area contributed by atoms with Crippen LogP contribution in [0.2, 0.25) is 0 Å². The minimum Gasteiger partial charge on any atom is -0.280 e. The molecule has 4 rings (SSSR count). The van der Waals surface area contributed by atoms with Crippen molar-refractivity contribution in [3.8, 4) is 0 Å². The van der Waals surface area contributed by atoms with Gasteiger partial charge in [-0.1, -0.05) is 38.1 Å². The van der Waals surface area contributed by atoms with Crippen molar-refractivity contribution in [1.29, 1.82) is 0 Å². The highest BCUT2D eigenvalue weighted by atomic mass is 32.2. The maximum atomic E-state index is 12.9. The lowest BCUT2D eigenvalue weighted by atomic mass is 10.0. The second-order valence-electron chi connectivity index (χ2n) is 7.83. The topological polar surface area (TPSA) is 83.6 Å². The summed E-state index contributed by atoms with van der Waals surface area (Å²) in [4.78, 5) is 0.191. The number of sulfonamides is 2. The second kappa shape index (κ2) is 8.38. The molecule has 6 nitrogen and oxygen atoms in total. The van der Waals surface area contributed by atoms with Gasteiger partial charge in [0, 0.05) is 18.8 Å². The van der Waals surface area contributed by atoms with Gasteiger partial charge < -0.3 is 0 Å². The van der Waals surface area contributed by atoms with Gasteiger partial charge in [0.05, 0.1) is 4.90 Å². The Morgan fingerprint density at radius 1 is 0.968 bits per heavy atom. The van der Waals surface area contributed by atoms with Crippen molar-refractivity contribution in [3.05, 3.63) is 76.7 Å². The highest BCUT2D eigenvalue weighted by Gasteiger charge is 2.29. The molecule has 0 fully saturated rings. The van der Waals surface area contributed by atoms with Crippen LogP contribution in [-0.2, 0) is 33.0 Å². The molecule has 31 heavy (non-hydrogen) atoms. The molecule has 164 valence electrons. The summed E-state index contributed by atoms with van der Waals surface area (Å²) in [6, 6.07) is 15.5. The lowest BCUT2D eigenvalue weighted by Gasteiger charge is -2.28. The molecular weight excluding hydrogens is 452 g/mol. The molecule has 0 unspecified atom stereocenters. The lowest BCUT2D eigenvalue weighted by molar-refractivity contribution is 0.392. The van der Waals surface area contributed by atoms with Crippen molar-refractivity contribution >= 4 is 37.1 Å². The molecule has 0 aliphatic carbocycles. The molecule has 9 heteroatoms. The summed E-state index contributed by atoms with van der Waals surface area (Å²) in [5.41, 5.74) is 3.32. The third-order valence-electron chi connectivity index (χ3n) is 5.38. The third-order valence-corrected chi connectivity index (χ3v) is 10.00. The van der Waals surface area contributed by atoms with Gasteiger partial charge in [-0.25, -0.2) is 16.8 Å². The van der Waals surface area contributed by atoms with Crippen LogP contribution in [0.15, 0.2) is 69.1 Å².